The van der Waals surface area contributed by atoms with Gasteiger partial charge in [-0.15, -0.1) is 11.8 Å². The van der Waals surface area contributed by atoms with Crippen LogP contribution in [-0.4, -0.2) is 113 Å². The van der Waals surface area contributed by atoms with Crippen LogP contribution < -0.4 is 43.8 Å². The summed E-state index contributed by atoms with van der Waals surface area (Å²) in [5.41, 5.74) is 16.2. The summed E-state index contributed by atoms with van der Waals surface area (Å²) in [5, 5.41) is 30.3. The number of carbonyl (C=O) groups is 7. The molecule has 0 saturated carbocycles. The minimum Gasteiger partial charge on any atom is -0.481 e. The zero-order chi connectivity index (χ0) is 30.9. The van der Waals surface area contributed by atoms with Crippen LogP contribution in [0.4, 0.5) is 0 Å². The SMILES string of the molecule is NCCC[C@H]1NC(=O)CSC[C@@H](C(=O)O)NC(=O)[C@H](CC(=O)O)NC(=O)CNC(=O)[C@H](CCCN=C(N)N)NC1=O. The van der Waals surface area contributed by atoms with E-state index in [1.54, 1.807) is 0 Å². The van der Waals surface area contributed by atoms with Crippen molar-refractivity contribution >= 4 is 59.2 Å². The van der Waals surface area contributed by atoms with E-state index < -0.39 is 78.6 Å². The average Bonchev–Trinajstić information content (AvgIpc) is 2.89. The molecule has 0 spiro atoms. The summed E-state index contributed by atoms with van der Waals surface area (Å²) in [4.78, 5) is 90.4. The van der Waals surface area contributed by atoms with Gasteiger partial charge in [-0.25, -0.2) is 4.79 Å². The Hall–Kier alpha value is -4.13. The molecule has 5 amide bonds. The highest BCUT2D eigenvalue weighted by Crippen LogP contribution is 2.07. The zero-order valence-corrected chi connectivity index (χ0v) is 23.0. The number of amides is 5. The van der Waals surface area contributed by atoms with E-state index in [1.165, 1.54) is 0 Å². The van der Waals surface area contributed by atoms with Crippen molar-refractivity contribution in [2.24, 2.45) is 22.2 Å². The second-order valence-electron chi connectivity index (χ2n) is 8.91. The Bertz CT molecular complexity index is 1010. The first-order valence-corrected chi connectivity index (χ1v) is 13.7. The average molecular weight is 604 g/mol. The molecule has 0 bridgehead atoms. The molecule has 0 aromatic rings. The van der Waals surface area contributed by atoms with E-state index in [1.807, 2.05) is 0 Å². The van der Waals surface area contributed by atoms with Gasteiger partial charge in [-0.05, 0) is 32.2 Å². The number of carboxylic acid groups (broad SMARTS) is 2. The fourth-order valence-electron chi connectivity index (χ4n) is 3.51. The van der Waals surface area contributed by atoms with E-state index in [-0.39, 0.29) is 49.8 Å². The van der Waals surface area contributed by atoms with Crippen LogP contribution in [0.25, 0.3) is 0 Å². The van der Waals surface area contributed by atoms with Crippen molar-refractivity contribution in [3.8, 4) is 0 Å². The molecular weight excluding hydrogens is 566 g/mol. The number of rotatable bonds is 10. The number of carboxylic acids is 2. The molecule has 1 aliphatic rings. The number of carbonyl (C=O) groups excluding carboxylic acids is 5. The summed E-state index contributed by atoms with van der Waals surface area (Å²) >= 11 is 0.838. The third kappa shape index (κ3) is 14.2. The lowest BCUT2D eigenvalue weighted by atomic mass is 10.1. The van der Waals surface area contributed by atoms with Gasteiger partial charge in [0.05, 0.1) is 18.7 Å². The number of aliphatic carboxylic acids is 2. The van der Waals surface area contributed by atoms with Crippen LogP contribution in [0, 0.1) is 0 Å². The molecular formula is C22H37N9O9S. The number of thioether (sulfide) groups is 1. The predicted octanol–water partition coefficient (Wildman–Crippen LogP) is -4.86. The van der Waals surface area contributed by atoms with Crippen LogP contribution in [0.2, 0.25) is 0 Å². The third-order valence-electron chi connectivity index (χ3n) is 5.51. The monoisotopic (exact) mass is 603 g/mol. The van der Waals surface area contributed by atoms with Crippen molar-refractivity contribution in [1.29, 1.82) is 0 Å². The van der Waals surface area contributed by atoms with Gasteiger partial charge in [0.2, 0.25) is 29.5 Å². The van der Waals surface area contributed by atoms with Gasteiger partial charge >= 0.3 is 11.9 Å². The number of nitrogens with two attached hydrogens (primary N) is 3. The summed E-state index contributed by atoms with van der Waals surface area (Å²) in [6.45, 7) is -0.348. The van der Waals surface area contributed by atoms with E-state index in [9.17, 15) is 38.7 Å². The van der Waals surface area contributed by atoms with Gasteiger partial charge in [0.25, 0.3) is 0 Å². The molecule has 1 rings (SSSR count). The minimum absolute atomic E-state index is 0.0456. The lowest BCUT2D eigenvalue weighted by Crippen LogP contribution is -2.56. The molecule has 1 heterocycles. The quantitative estimate of drug-likeness (QED) is 0.0637. The van der Waals surface area contributed by atoms with Crippen molar-refractivity contribution in [2.75, 3.05) is 31.1 Å². The minimum atomic E-state index is -1.66. The lowest BCUT2D eigenvalue weighted by Gasteiger charge is -2.24. The number of nitrogens with one attached hydrogen (secondary N) is 5. The standard InChI is InChI=1S/C22H37N9O9S/c23-5-1-3-12-19(37)30-11(4-2-6-26-22(24)25)18(36)27-8-15(32)29-13(7-17(34)35)20(38)31-14(21(39)40)9-41-10-16(33)28-12/h11-14H,1-10,23H2,(H,27,36)(H,28,33)(H,29,32)(H,30,37)(H,31,38)(H,34,35)(H,39,40)(H4,24,25,26)/t11-,12+,13-,14-/m0/s1. The molecule has 0 radical (unpaired) electrons. The molecule has 230 valence electrons. The van der Waals surface area contributed by atoms with Gasteiger partial charge in [-0.2, -0.15) is 0 Å². The van der Waals surface area contributed by atoms with Crippen molar-refractivity contribution in [3.63, 3.8) is 0 Å². The molecule has 0 aromatic carbocycles. The lowest BCUT2D eigenvalue weighted by molar-refractivity contribution is -0.143. The Kier molecular flexibility index (Phi) is 15.5. The number of nitrogens with zero attached hydrogens (tertiary/aromatic N) is 1. The van der Waals surface area contributed by atoms with Gasteiger partial charge < -0.3 is 54.0 Å². The van der Waals surface area contributed by atoms with E-state index in [0.29, 0.717) is 6.42 Å². The van der Waals surface area contributed by atoms with E-state index in [0.717, 1.165) is 11.8 Å². The highest BCUT2D eigenvalue weighted by atomic mass is 32.2. The topological polar surface area (TPSA) is 311 Å². The number of aliphatic imine (C=N–C) groups is 1. The maximum absolute atomic E-state index is 13.1. The third-order valence-corrected chi connectivity index (χ3v) is 6.55. The number of hydrogen-bond donors (Lipinski definition) is 10. The number of hydrogen-bond acceptors (Lipinski definition) is 10. The summed E-state index contributed by atoms with van der Waals surface area (Å²) in [5.74, 6) is -7.78. The second kappa shape index (κ2) is 18.3. The number of guanidine groups is 1. The van der Waals surface area contributed by atoms with Gasteiger partial charge in [0.1, 0.15) is 24.2 Å². The van der Waals surface area contributed by atoms with E-state index >= 15 is 0 Å². The van der Waals surface area contributed by atoms with Crippen LogP contribution in [-0.2, 0) is 33.6 Å². The first-order valence-electron chi connectivity index (χ1n) is 12.6. The zero-order valence-electron chi connectivity index (χ0n) is 22.2. The Morgan fingerprint density at radius 1 is 0.854 bits per heavy atom. The molecule has 13 N–H and O–H groups in total. The molecule has 0 aromatic heterocycles. The highest BCUT2D eigenvalue weighted by Gasteiger charge is 2.30. The molecule has 4 atom stereocenters. The molecule has 0 unspecified atom stereocenters. The summed E-state index contributed by atoms with van der Waals surface area (Å²) in [7, 11) is 0. The van der Waals surface area contributed by atoms with Crippen LogP contribution in [0.3, 0.4) is 0 Å². The largest absolute Gasteiger partial charge is 0.481 e. The Morgan fingerprint density at radius 3 is 2.07 bits per heavy atom. The maximum atomic E-state index is 13.1. The van der Waals surface area contributed by atoms with Gasteiger partial charge in [-0.3, -0.25) is 33.8 Å². The van der Waals surface area contributed by atoms with Crippen LogP contribution >= 0.6 is 11.8 Å². The van der Waals surface area contributed by atoms with Crippen molar-refractivity contribution in [2.45, 2.75) is 56.3 Å². The smallest absolute Gasteiger partial charge is 0.327 e. The predicted molar refractivity (Wildman–Crippen MR) is 146 cm³/mol. The van der Waals surface area contributed by atoms with Crippen molar-refractivity contribution in [3.05, 3.63) is 0 Å². The van der Waals surface area contributed by atoms with Crippen LogP contribution in [0.5, 0.6) is 0 Å². The highest BCUT2D eigenvalue weighted by molar-refractivity contribution is 8.00. The molecule has 18 nitrogen and oxygen atoms in total. The molecule has 0 aliphatic carbocycles. The first kappa shape index (κ1) is 34.9. The van der Waals surface area contributed by atoms with Crippen molar-refractivity contribution in [1.82, 2.24) is 26.6 Å². The van der Waals surface area contributed by atoms with Crippen molar-refractivity contribution < 1.29 is 43.8 Å². The fourth-order valence-corrected chi connectivity index (χ4v) is 4.36. The molecule has 41 heavy (non-hydrogen) atoms. The molecule has 1 fully saturated rings. The Balaban J connectivity index is 3.24. The summed E-state index contributed by atoms with van der Waals surface area (Å²) in [6.07, 6.45) is -0.0739. The van der Waals surface area contributed by atoms with Crippen LogP contribution in [0.15, 0.2) is 4.99 Å². The van der Waals surface area contributed by atoms with Gasteiger partial charge in [0, 0.05) is 12.3 Å². The second-order valence-corrected chi connectivity index (χ2v) is 9.94. The Labute approximate surface area is 239 Å². The molecule has 1 aliphatic heterocycles. The molecule has 19 heteroatoms. The van der Waals surface area contributed by atoms with Crippen LogP contribution in [0.1, 0.15) is 32.1 Å². The van der Waals surface area contributed by atoms with Gasteiger partial charge in [-0.1, -0.05) is 0 Å². The van der Waals surface area contributed by atoms with E-state index in [2.05, 4.69) is 31.6 Å². The fraction of sp³-hybridized carbons (Fsp3) is 0.636. The molecule has 1 saturated heterocycles. The normalized spacial score (nSPS) is 23.4. The van der Waals surface area contributed by atoms with E-state index in [4.69, 9.17) is 22.3 Å². The maximum Gasteiger partial charge on any atom is 0.327 e. The first-order chi connectivity index (χ1) is 19.3. The van der Waals surface area contributed by atoms with Gasteiger partial charge in [0.15, 0.2) is 5.96 Å². The Morgan fingerprint density at radius 2 is 1.46 bits per heavy atom. The summed E-state index contributed by atoms with van der Waals surface area (Å²) in [6, 6.07) is -5.44. The summed E-state index contributed by atoms with van der Waals surface area (Å²) < 4.78 is 0.